The smallest absolute Gasteiger partial charge is 0.208 e. The van der Waals surface area contributed by atoms with Crippen molar-refractivity contribution in [2.24, 2.45) is 5.92 Å². The second kappa shape index (κ2) is 7.14. The fourth-order valence-corrected chi connectivity index (χ4v) is 4.78. The van der Waals surface area contributed by atoms with Crippen LogP contribution in [0.4, 0.5) is 0 Å². The predicted molar refractivity (Wildman–Crippen MR) is 104 cm³/mol. The number of hydrogen-bond acceptors (Lipinski definition) is 3. The number of nitrogens with zero attached hydrogens (tertiary/aromatic N) is 1. The van der Waals surface area contributed by atoms with Crippen LogP contribution < -0.4 is 0 Å². The van der Waals surface area contributed by atoms with Gasteiger partial charge in [-0.25, -0.2) is 8.42 Å². The summed E-state index contributed by atoms with van der Waals surface area (Å²) < 4.78 is 29.1. The van der Waals surface area contributed by atoms with Gasteiger partial charge in [-0.1, -0.05) is 47.1 Å². The standard InChI is InChI=1S/C19H19BrN2O2S/c1-14(9-10-21)12-22-13-19(17-8-7-15(20)11-18(17)22)25(23,24)16-5-3-2-4-6-16/h2-8,10-11,13-14,21H,9,12H2,1H3. The second-order valence-corrected chi connectivity index (χ2v) is 9.00. The number of fused-ring (bicyclic) bond motifs is 1. The van der Waals surface area contributed by atoms with Gasteiger partial charge < -0.3 is 9.98 Å². The minimum absolute atomic E-state index is 0.249. The Morgan fingerprint density at radius 3 is 2.60 bits per heavy atom. The molecule has 1 N–H and O–H groups in total. The van der Waals surface area contributed by atoms with Crippen molar-refractivity contribution in [3.8, 4) is 0 Å². The fourth-order valence-electron chi connectivity index (χ4n) is 2.93. The van der Waals surface area contributed by atoms with Crippen LogP contribution in [0.3, 0.4) is 0 Å². The largest absolute Gasteiger partial charge is 0.346 e. The Kier molecular flexibility index (Phi) is 5.11. The van der Waals surface area contributed by atoms with Crippen molar-refractivity contribution in [1.82, 2.24) is 4.57 Å². The van der Waals surface area contributed by atoms with Crippen molar-refractivity contribution in [3.63, 3.8) is 0 Å². The van der Waals surface area contributed by atoms with Gasteiger partial charge in [0.15, 0.2) is 0 Å². The van der Waals surface area contributed by atoms with Crippen LogP contribution in [0.25, 0.3) is 10.9 Å². The van der Waals surface area contributed by atoms with Crippen LogP contribution in [0.1, 0.15) is 13.3 Å². The number of halogens is 1. The van der Waals surface area contributed by atoms with Crippen LogP contribution in [-0.4, -0.2) is 19.2 Å². The summed E-state index contributed by atoms with van der Waals surface area (Å²) in [5.74, 6) is 0.249. The van der Waals surface area contributed by atoms with Crippen molar-refractivity contribution >= 4 is 42.9 Å². The molecule has 0 aliphatic carbocycles. The molecule has 0 saturated carbocycles. The summed E-state index contributed by atoms with van der Waals surface area (Å²) in [6.07, 6.45) is 3.78. The number of benzene rings is 2. The SMILES string of the molecule is CC(CC=N)Cn1cc(S(=O)(=O)c2ccccc2)c2ccc(Br)cc21. The molecule has 0 amide bonds. The molecule has 0 aliphatic heterocycles. The van der Waals surface area contributed by atoms with E-state index >= 15 is 0 Å². The van der Waals surface area contributed by atoms with E-state index in [-0.39, 0.29) is 5.92 Å². The number of aromatic nitrogens is 1. The summed E-state index contributed by atoms with van der Waals surface area (Å²) in [6.45, 7) is 2.72. The summed E-state index contributed by atoms with van der Waals surface area (Å²) in [4.78, 5) is 0.618. The number of rotatable bonds is 6. The Labute approximate surface area is 156 Å². The zero-order chi connectivity index (χ0) is 18.0. The van der Waals surface area contributed by atoms with E-state index in [4.69, 9.17) is 5.41 Å². The van der Waals surface area contributed by atoms with E-state index in [9.17, 15) is 8.42 Å². The summed E-state index contributed by atoms with van der Waals surface area (Å²) in [6, 6.07) is 14.1. The first-order valence-corrected chi connectivity index (χ1v) is 10.3. The topological polar surface area (TPSA) is 62.9 Å². The summed E-state index contributed by atoms with van der Waals surface area (Å²) in [5.41, 5.74) is 0.876. The molecule has 0 spiro atoms. The molecule has 3 aromatic rings. The van der Waals surface area contributed by atoms with Crippen LogP contribution in [0.5, 0.6) is 0 Å². The van der Waals surface area contributed by atoms with E-state index in [1.165, 1.54) is 6.21 Å². The lowest BCUT2D eigenvalue weighted by Crippen LogP contribution is -2.07. The molecule has 4 nitrogen and oxygen atoms in total. The highest BCUT2D eigenvalue weighted by molar-refractivity contribution is 9.10. The first-order valence-electron chi connectivity index (χ1n) is 8.01. The molecule has 0 saturated heterocycles. The lowest BCUT2D eigenvalue weighted by molar-refractivity contribution is 0.509. The second-order valence-electron chi connectivity index (χ2n) is 6.17. The third kappa shape index (κ3) is 3.55. The molecule has 1 heterocycles. The number of hydrogen-bond donors (Lipinski definition) is 1. The number of sulfone groups is 1. The maximum atomic E-state index is 13.1. The van der Waals surface area contributed by atoms with Gasteiger partial charge in [0.2, 0.25) is 9.84 Å². The first-order chi connectivity index (χ1) is 11.9. The minimum atomic E-state index is -3.59. The monoisotopic (exact) mass is 418 g/mol. The third-order valence-electron chi connectivity index (χ3n) is 4.18. The normalized spacial score (nSPS) is 13.0. The van der Waals surface area contributed by atoms with E-state index in [0.29, 0.717) is 28.1 Å². The molecule has 0 fully saturated rings. The highest BCUT2D eigenvalue weighted by Crippen LogP contribution is 2.32. The third-order valence-corrected chi connectivity index (χ3v) is 6.47. The van der Waals surface area contributed by atoms with Crippen LogP contribution in [0.2, 0.25) is 0 Å². The highest BCUT2D eigenvalue weighted by Gasteiger charge is 2.23. The molecule has 0 aliphatic rings. The fraction of sp³-hybridized carbons (Fsp3) is 0.211. The van der Waals surface area contributed by atoms with Crippen molar-refractivity contribution in [2.45, 2.75) is 29.7 Å². The molecule has 0 radical (unpaired) electrons. The maximum absolute atomic E-state index is 13.1. The minimum Gasteiger partial charge on any atom is -0.346 e. The summed E-state index contributed by atoms with van der Waals surface area (Å²) in [5, 5.41) is 7.99. The molecule has 25 heavy (non-hydrogen) atoms. The predicted octanol–water partition coefficient (Wildman–Crippen LogP) is 4.91. The first kappa shape index (κ1) is 17.9. The van der Waals surface area contributed by atoms with Crippen molar-refractivity contribution in [2.75, 3.05) is 0 Å². The van der Waals surface area contributed by atoms with Crippen LogP contribution in [0.15, 0.2) is 69.0 Å². The Morgan fingerprint density at radius 1 is 1.20 bits per heavy atom. The van der Waals surface area contributed by atoms with E-state index in [2.05, 4.69) is 22.9 Å². The van der Waals surface area contributed by atoms with Gasteiger partial charge in [-0.15, -0.1) is 0 Å². The zero-order valence-electron chi connectivity index (χ0n) is 13.8. The lowest BCUT2D eigenvalue weighted by atomic mass is 10.1. The van der Waals surface area contributed by atoms with Crippen LogP contribution >= 0.6 is 15.9 Å². The van der Waals surface area contributed by atoms with E-state index in [0.717, 1.165) is 9.99 Å². The molecular weight excluding hydrogens is 400 g/mol. The van der Waals surface area contributed by atoms with Gasteiger partial charge in [-0.05, 0) is 42.8 Å². The highest BCUT2D eigenvalue weighted by atomic mass is 79.9. The van der Waals surface area contributed by atoms with Gasteiger partial charge >= 0.3 is 0 Å². The summed E-state index contributed by atoms with van der Waals surface area (Å²) >= 11 is 3.47. The molecule has 2 aromatic carbocycles. The lowest BCUT2D eigenvalue weighted by Gasteiger charge is -2.11. The van der Waals surface area contributed by atoms with Gasteiger partial charge in [0.05, 0.1) is 15.3 Å². The quantitative estimate of drug-likeness (QED) is 0.577. The van der Waals surface area contributed by atoms with Crippen molar-refractivity contribution in [1.29, 1.82) is 5.41 Å². The van der Waals surface area contributed by atoms with Crippen molar-refractivity contribution < 1.29 is 8.42 Å². The molecule has 1 unspecified atom stereocenters. The summed E-state index contributed by atoms with van der Waals surface area (Å²) in [7, 11) is -3.59. The zero-order valence-corrected chi connectivity index (χ0v) is 16.2. The molecule has 1 atom stereocenters. The van der Waals surface area contributed by atoms with Crippen LogP contribution in [-0.2, 0) is 16.4 Å². The molecule has 130 valence electrons. The molecule has 6 heteroatoms. The Bertz CT molecular complexity index is 1010. The van der Waals surface area contributed by atoms with Gasteiger partial charge in [0.1, 0.15) is 0 Å². The molecular formula is C19H19BrN2O2S. The van der Waals surface area contributed by atoms with Crippen LogP contribution in [0, 0.1) is 11.3 Å². The molecule has 0 bridgehead atoms. The van der Waals surface area contributed by atoms with Crippen molar-refractivity contribution in [3.05, 3.63) is 59.2 Å². The van der Waals surface area contributed by atoms with Gasteiger partial charge in [-0.2, -0.15) is 0 Å². The van der Waals surface area contributed by atoms with E-state index in [1.54, 1.807) is 36.5 Å². The van der Waals surface area contributed by atoms with Gasteiger partial charge in [0.25, 0.3) is 0 Å². The van der Waals surface area contributed by atoms with E-state index in [1.807, 2.05) is 22.8 Å². The molecule has 1 aromatic heterocycles. The van der Waals surface area contributed by atoms with Gasteiger partial charge in [-0.3, -0.25) is 0 Å². The molecule has 3 rings (SSSR count). The average Bonchev–Trinajstić information content (AvgIpc) is 2.94. The van der Waals surface area contributed by atoms with E-state index < -0.39 is 9.84 Å². The Hall–Kier alpha value is -1.92. The maximum Gasteiger partial charge on any atom is 0.208 e. The Balaban J connectivity index is 2.18. The Morgan fingerprint density at radius 2 is 1.92 bits per heavy atom. The number of nitrogens with one attached hydrogen (secondary N) is 1. The van der Waals surface area contributed by atoms with Gasteiger partial charge in [0, 0.05) is 22.6 Å². The average molecular weight is 419 g/mol.